The first-order valence-corrected chi connectivity index (χ1v) is 10.3. The maximum atomic E-state index is 12.4. The van der Waals surface area contributed by atoms with E-state index in [1.165, 1.54) is 5.69 Å². The number of benzene rings is 2. The molecule has 0 radical (unpaired) electrons. The highest BCUT2D eigenvalue weighted by molar-refractivity contribution is 5.91. The van der Waals surface area contributed by atoms with Gasteiger partial charge in [0.2, 0.25) is 17.6 Å². The summed E-state index contributed by atoms with van der Waals surface area (Å²) in [5.74, 6) is 0.942. The molecule has 2 aromatic carbocycles. The number of hydrogen-bond acceptors (Lipinski definition) is 6. The Morgan fingerprint density at radius 3 is 2.60 bits per heavy atom. The molecule has 1 amide bonds. The predicted octanol–water partition coefficient (Wildman–Crippen LogP) is 3.37. The summed E-state index contributed by atoms with van der Waals surface area (Å²) in [6, 6.07) is 15.9. The number of nitrogens with zero attached hydrogens (tertiary/aromatic N) is 4. The van der Waals surface area contributed by atoms with Crippen LogP contribution in [-0.4, -0.2) is 54.2 Å². The van der Waals surface area contributed by atoms with E-state index in [0.29, 0.717) is 18.1 Å². The molecule has 1 aliphatic rings. The van der Waals surface area contributed by atoms with Crippen molar-refractivity contribution >= 4 is 17.3 Å². The molecule has 1 aromatic heterocycles. The fourth-order valence-corrected chi connectivity index (χ4v) is 3.54. The molecule has 1 fully saturated rings. The number of likely N-dealkylation sites (N-methyl/N-ethyl adjacent to an activating group) is 1. The molecule has 7 nitrogen and oxygen atoms in total. The summed E-state index contributed by atoms with van der Waals surface area (Å²) >= 11 is 0. The van der Waals surface area contributed by atoms with E-state index in [1.807, 2.05) is 43.3 Å². The zero-order chi connectivity index (χ0) is 20.9. The van der Waals surface area contributed by atoms with E-state index in [-0.39, 0.29) is 12.3 Å². The van der Waals surface area contributed by atoms with Gasteiger partial charge in [0.15, 0.2) is 0 Å². The molecule has 30 heavy (non-hydrogen) atoms. The number of aryl methyl sites for hydroxylation is 2. The second-order valence-corrected chi connectivity index (χ2v) is 7.72. The maximum Gasteiger partial charge on any atom is 0.227 e. The Labute approximate surface area is 176 Å². The Morgan fingerprint density at radius 2 is 1.87 bits per heavy atom. The second-order valence-electron chi connectivity index (χ2n) is 7.72. The SMILES string of the molecule is Cc1cc(N2CCN(C)CC2)ccc1NC(=O)CCc1nc(-c2ccccc2)no1. The molecule has 7 heteroatoms. The summed E-state index contributed by atoms with van der Waals surface area (Å²) < 4.78 is 5.28. The van der Waals surface area contributed by atoms with Crippen molar-refractivity contribution in [2.75, 3.05) is 43.4 Å². The van der Waals surface area contributed by atoms with Gasteiger partial charge in [0.25, 0.3) is 0 Å². The lowest BCUT2D eigenvalue weighted by molar-refractivity contribution is -0.116. The van der Waals surface area contributed by atoms with E-state index < -0.39 is 0 Å². The summed E-state index contributed by atoms with van der Waals surface area (Å²) in [4.78, 5) is 21.5. The highest BCUT2D eigenvalue weighted by Gasteiger charge is 2.16. The molecule has 0 atom stereocenters. The monoisotopic (exact) mass is 405 g/mol. The van der Waals surface area contributed by atoms with Gasteiger partial charge in [0.1, 0.15) is 0 Å². The third-order valence-corrected chi connectivity index (χ3v) is 5.42. The molecular formula is C23H27N5O2. The van der Waals surface area contributed by atoms with Crippen molar-refractivity contribution in [1.82, 2.24) is 15.0 Å². The fraction of sp³-hybridized carbons (Fsp3) is 0.348. The van der Waals surface area contributed by atoms with E-state index in [2.05, 4.69) is 44.4 Å². The summed E-state index contributed by atoms with van der Waals surface area (Å²) in [6.45, 7) is 6.21. The van der Waals surface area contributed by atoms with Gasteiger partial charge in [-0.25, -0.2) is 0 Å². The molecular weight excluding hydrogens is 378 g/mol. The summed E-state index contributed by atoms with van der Waals surface area (Å²) in [6.07, 6.45) is 0.695. The highest BCUT2D eigenvalue weighted by Crippen LogP contribution is 2.24. The summed E-state index contributed by atoms with van der Waals surface area (Å²) in [5.41, 5.74) is 4.00. The van der Waals surface area contributed by atoms with Gasteiger partial charge in [0, 0.05) is 56.0 Å². The molecule has 0 aliphatic carbocycles. The zero-order valence-corrected chi connectivity index (χ0v) is 17.5. The minimum atomic E-state index is -0.0649. The molecule has 1 aliphatic heterocycles. The minimum Gasteiger partial charge on any atom is -0.369 e. The van der Waals surface area contributed by atoms with Crippen molar-refractivity contribution in [2.24, 2.45) is 0 Å². The number of hydrogen-bond donors (Lipinski definition) is 1. The number of anilines is 2. The average molecular weight is 406 g/mol. The van der Waals surface area contributed by atoms with Crippen molar-refractivity contribution in [3.05, 3.63) is 60.0 Å². The molecule has 1 N–H and O–H groups in total. The molecule has 0 spiro atoms. The van der Waals surface area contributed by atoms with E-state index in [4.69, 9.17) is 4.52 Å². The third kappa shape index (κ3) is 4.86. The summed E-state index contributed by atoms with van der Waals surface area (Å²) in [7, 11) is 2.15. The topological polar surface area (TPSA) is 74.5 Å². The molecule has 2 heterocycles. The highest BCUT2D eigenvalue weighted by atomic mass is 16.5. The maximum absolute atomic E-state index is 12.4. The van der Waals surface area contributed by atoms with Crippen LogP contribution in [0.15, 0.2) is 53.1 Å². The number of nitrogens with one attached hydrogen (secondary N) is 1. The smallest absolute Gasteiger partial charge is 0.227 e. The van der Waals surface area contributed by atoms with Gasteiger partial charge in [-0.05, 0) is 37.7 Å². The average Bonchev–Trinajstić information content (AvgIpc) is 3.24. The second kappa shape index (κ2) is 9.09. The van der Waals surface area contributed by atoms with Gasteiger partial charge < -0.3 is 19.6 Å². The lowest BCUT2D eigenvalue weighted by atomic mass is 10.1. The predicted molar refractivity (Wildman–Crippen MR) is 118 cm³/mol. The van der Waals surface area contributed by atoms with Gasteiger partial charge in [-0.2, -0.15) is 4.98 Å². The molecule has 0 saturated carbocycles. The number of piperazine rings is 1. The van der Waals surface area contributed by atoms with Crippen LogP contribution >= 0.6 is 0 Å². The van der Waals surface area contributed by atoms with Crippen LogP contribution in [0.5, 0.6) is 0 Å². The van der Waals surface area contributed by atoms with Crippen LogP contribution < -0.4 is 10.2 Å². The number of amides is 1. The zero-order valence-electron chi connectivity index (χ0n) is 17.5. The van der Waals surface area contributed by atoms with Crippen molar-refractivity contribution in [1.29, 1.82) is 0 Å². The van der Waals surface area contributed by atoms with Crippen molar-refractivity contribution < 1.29 is 9.32 Å². The van der Waals surface area contributed by atoms with Gasteiger partial charge in [-0.15, -0.1) is 0 Å². The Balaban J connectivity index is 1.31. The van der Waals surface area contributed by atoms with Gasteiger partial charge in [0.05, 0.1) is 0 Å². The first kappa shape index (κ1) is 20.1. The largest absolute Gasteiger partial charge is 0.369 e. The Morgan fingerprint density at radius 1 is 1.10 bits per heavy atom. The third-order valence-electron chi connectivity index (χ3n) is 5.42. The van der Waals surface area contributed by atoms with Crippen LogP contribution in [0.25, 0.3) is 11.4 Å². The fourth-order valence-electron chi connectivity index (χ4n) is 3.54. The van der Waals surface area contributed by atoms with E-state index in [0.717, 1.165) is 43.0 Å². The van der Waals surface area contributed by atoms with E-state index in [1.54, 1.807) is 0 Å². The summed E-state index contributed by atoms with van der Waals surface area (Å²) in [5, 5.41) is 7.00. The normalized spacial score (nSPS) is 14.7. The van der Waals surface area contributed by atoms with E-state index >= 15 is 0 Å². The molecule has 0 bridgehead atoms. The van der Waals surface area contributed by atoms with Crippen LogP contribution in [0.3, 0.4) is 0 Å². The van der Waals surface area contributed by atoms with Crippen molar-refractivity contribution in [3.63, 3.8) is 0 Å². The van der Waals surface area contributed by atoms with Crippen LogP contribution in [0.4, 0.5) is 11.4 Å². The van der Waals surface area contributed by atoms with Crippen LogP contribution in [0.1, 0.15) is 17.9 Å². The first-order valence-electron chi connectivity index (χ1n) is 10.3. The first-order chi connectivity index (χ1) is 14.6. The Bertz CT molecular complexity index is 994. The molecule has 156 valence electrons. The van der Waals surface area contributed by atoms with Crippen molar-refractivity contribution in [3.8, 4) is 11.4 Å². The lowest BCUT2D eigenvalue weighted by Gasteiger charge is -2.34. The van der Waals surface area contributed by atoms with Gasteiger partial charge in [-0.3, -0.25) is 4.79 Å². The van der Waals surface area contributed by atoms with Gasteiger partial charge >= 0.3 is 0 Å². The van der Waals surface area contributed by atoms with Gasteiger partial charge in [-0.1, -0.05) is 35.5 Å². The Kier molecular flexibility index (Phi) is 6.09. The molecule has 1 saturated heterocycles. The quantitative estimate of drug-likeness (QED) is 0.678. The number of rotatable bonds is 6. The van der Waals surface area contributed by atoms with Crippen LogP contribution in [0.2, 0.25) is 0 Å². The number of carbonyl (C=O) groups excluding carboxylic acids is 1. The number of aromatic nitrogens is 2. The number of carbonyl (C=O) groups is 1. The Hall–Kier alpha value is -3.19. The lowest BCUT2D eigenvalue weighted by Crippen LogP contribution is -2.44. The molecule has 3 aromatic rings. The van der Waals surface area contributed by atoms with Crippen LogP contribution in [0, 0.1) is 6.92 Å². The minimum absolute atomic E-state index is 0.0649. The molecule has 0 unspecified atom stereocenters. The van der Waals surface area contributed by atoms with Crippen molar-refractivity contribution in [2.45, 2.75) is 19.8 Å². The van der Waals surface area contributed by atoms with Crippen LogP contribution in [-0.2, 0) is 11.2 Å². The van der Waals surface area contributed by atoms with E-state index in [9.17, 15) is 4.79 Å². The molecule has 4 rings (SSSR count). The standard InChI is InChI=1S/C23H27N5O2/c1-17-16-19(28-14-12-27(2)13-15-28)8-9-20(17)24-21(29)10-11-22-25-23(26-30-22)18-6-4-3-5-7-18/h3-9,16H,10-15H2,1-2H3,(H,24,29).